The molecule has 1 aromatic carbocycles. The summed E-state index contributed by atoms with van der Waals surface area (Å²) in [6.45, 7) is 3.56. The molecule has 86 valence electrons. The number of primary amides is 1. The SMILES string of the molecule is Cc1ccc(N2CCC(C(N)=O)C2)cc1N. The zero-order chi connectivity index (χ0) is 11.7. The molecule has 1 aromatic rings. The molecular weight excluding hydrogens is 202 g/mol. The van der Waals surface area contributed by atoms with Crippen LogP contribution in [0.2, 0.25) is 0 Å². The Labute approximate surface area is 95.2 Å². The van der Waals surface area contributed by atoms with Crippen molar-refractivity contribution < 1.29 is 4.79 Å². The molecule has 1 amide bonds. The second kappa shape index (κ2) is 4.04. The van der Waals surface area contributed by atoms with Crippen molar-refractivity contribution >= 4 is 17.3 Å². The molecular formula is C12H17N3O. The molecule has 2 rings (SSSR count). The molecule has 4 N–H and O–H groups in total. The molecule has 16 heavy (non-hydrogen) atoms. The van der Waals surface area contributed by atoms with Gasteiger partial charge in [-0.2, -0.15) is 0 Å². The average Bonchev–Trinajstić information content (AvgIpc) is 2.71. The number of aryl methyl sites for hydroxylation is 1. The van der Waals surface area contributed by atoms with Gasteiger partial charge in [0.25, 0.3) is 0 Å². The number of anilines is 2. The zero-order valence-electron chi connectivity index (χ0n) is 9.44. The number of amides is 1. The minimum Gasteiger partial charge on any atom is -0.398 e. The number of nitrogens with two attached hydrogens (primary N) is 2. The van der Waals surface area contributed by atoms with E-state index in [0.717, 1.165) is 29.9 Å². The Morgan fingerprint density at radius 2 is 2.25 bits per heavy atom. The number of rotatable bonds is 2. The van der Waals surface area contributed by atoms with Crippen LogP contribution in [0, 0.1) is 12.8 Å². The first kappa shape index (κ1) is 10.8. The molecule has 0 spiro atoms. The fourth-order valence-electron chi connectivity index (χ4n) is 2.05. The van der Waals surface area contributed by atoms with Gasteiger partial charge in [-0.3, -0.25) is 4.79 Å². The van der Waals surface area contributed by atoms with Gasteiger partial charge in [-0.1, -0.05) is 6.07 Å². The summed E-state index contributed by atoms with van der Waals surface area (Å²) in [4.78, 5) is 13.2. The summed E-state index contributed by atoms with van der Waals surface area (Å²) in [6, 6.07) is 6.00. The highest BCUT2D eigenvalue weighted by Gasteiger charge is 2.26. The lowest BCUT2D eigenvalue weighted by Crippen LogP contribution is -2.27. The second-order valence-electron chi connectivity index (χ2n) is 4.37. The third-order valence-electron chi connectivity index (χ3n) is 3.22. The highest BCUT2D eigenvalue weighted by atomic mass is 16.1. The molecule has 1 saturated heterocycles. The van der Waals surface area contributed by atoms with Gasteiger partial charge < -0.3 is 16.4 Å². The van der Waals surface area contributed by atoms with Crippen LogP contribution in [0.15, 0.2) is 18.2 Å². The van der Waals surface area contributed by atoms with Crippen LogP contribution in [-0.4, -0.2) is 19.0 Å². The first-order valence-corrected chi connectivity index (χ1v) is 5.48. The number of carbonyl (C=O) groups excluding carboxylic acids is 1. The van der Waals surface area contributed by atoms with E-state index in [4.69, 9.17) is 11.5 Å². The Bertz CT molecular complexity index is 417. The van der Waals surface area contributed by atoms with E-state index in [1.807, 2.05) is 25.1 Å². The van der Waals surface area contributed by atoms with Crippen molar-refractivity contribution in [2.24, 2.45) is 11.7 Å². The lowest BCUT2D eigenvalue weighted by molar-refractivity contribution is -0.121. The van der Waals surface area contributed by atoms with Crippen molar-refractivity contribution in [3.05, 3.63) is 23.8 Å². The Morgan fingerprint density at radius 3 is 2.81 bits per heavy atom. The Hall–Kier alpha value is -1.71. The van der Waals surface area contributed by atoms with Crippen molar-refractivity contribution in [3.8, 4) is 0 Å². The fraction of sp³-hybridized carbons (Fsp3) is 0.417. The van der Waals surface area contributed by atoms with Crippen LogP contribution in [0.4, 0.5) is 11.4 Å². The van der Waals surface area contributed by atoms with Gasteiger partial charge in [0.05, 0.1) is 5.92 Å². The standard InChI is InChI=1S/C12H17N3O/c1-8-2-3-10(6-11(8)13)15-5-4-9(7-15)12(14)16/h2-3,6,9H,4-5,7,13H2,1H3,(H2,14,16). The first-order chi connectivity index (χ1) is 7.58. The first-order valence-electron chi connectivity index (χ1n) is 5.48. The summed E-state index contributed by atoms with van der Waals surface area (Å²) in [7, 11) is 0. The van der Waals surface area contributed by atoms with E-state index in [1.165, 1.54) is 0 Å². The number of carbonyl (C=O) groups is 1. The maximum atomic E-state index is 11.1. The lowest BCUT2D eigenvalue weighted by atomic mass is 10.1. The second-order valence-corrected chi connectivity index (χ2v) is 4.37. The monoisotopic (exact) mass is 219 g/mol. The van der Waals surface area contributed by atoms with Crippen molar-refractivity contribution in [3.63, 3.8) is 0 Å². The van der Waals surface area contributed by atoms with Gasteiger partial charge in [-0.05, 0) is 31.0 Å². The van der Waals surface area contributed by atoms with Crippen LogP contribution >= 0.6 is 0 Å². The minimum atomic E-state index is -0.206. The predicted molar refractivity (Wildman–Crippen MR) is 65.1 cm³/mol. The van der Waals surface area contributed by atoms with E-state index in [0.29, 0.717) is 6.54 Å². The number of nitrogen functional groups attached to an aromatic ring is 1. The summed E-state index contributed by atoms with van der Waals surface area (Å²) in [5.41, 5.74) is 14.1. The third kappa shape index (κ3) is 1.96. The fourth-order valence-corrected chi connectivity index (χ4v) is 2.05. The average molecular weight is 219 g/mol. The topological polar surface area (TPSA) is 72.3 Å². The van der Waals surface area contributed by atoms with E-state index in [2.05, 4.69) is 4.90 Å². The Balaban J connectivity index is 2.14. The van der Waals surface area contributed by atoms with Gasteiger partial charge in [0.1, 0.15) is 0 Å². The van der Waals surface area contributed by atoms with Gasteiger partial charge in [-0.25, -0.2) is 0 Å². The van der Waals surface area contributed by atoms with Crippen LogP contribution in [-0.2, 0) is 4.79 Å². The molecule has 1 heterocycles. The summed E-state index contributed by atoms with van der Waals surface area (Å²) >= 11 is 0. The van der Waals surface area contributed by atoms with E-state index in [-0.39, 0.29) is 11.8 Å². The summed E-state index contributed by atoms with van der Waals surface area (Å²) in [5, 5.41) is 0. The molecule has 0 saturated carbocycles. The lowest BCUT2D eigenvalue weighted by Gasteiger charge is -2.19. The Morgan fingerprint density at radius 1 is 1.50 bits per heavy atom. The van der Waals surface area contributed by atoms with E-state index >= 15 is 0 Å². The maximum absolute atomic E-state index is 11.1. The zero-order valence-corrected chi connectivity index (χ0v) is 9.44. The molecule has 0 aromatic heterocycles. The van der Waals surface area contributed by atoms with Crippen LogP contribution in [0.25, 0.3) is 0 Å². The number of nitrogens with zero attached hydrogens (tertiary/aromatic N) is 1. The van der Waals surface area contributed by atoms with Gasteiger partial charge in [0, 0.05) is 24.5 Å². The van der Waals surface area contributed by atoms with Crippen molar-refractivity contribution in [1.82, 2.24) is 0 Å². The van der Waals surface area contributed by atoms with E-state index in [1.54, 1.807) is 0 Å². The molecule has 0 radical (unpaired) electrons. The quantitative estimate of drug-likeness (QED) is 0.725. The van der Waals surface area contributed by atoms with Crippen molar-refractivity contribution in [1.29, 1.82) is 0 Å². The van der Waals surface area contributed by atoms with Gasteiger partial charge in [0.15, 0.2) is 0 Å². The highest BCUT2D eigenvalue weighted by molar-refractivity contribution is 5.78. The molecule has 1 atom stereocenters. The molecule has 0 aliphatic carbocycles. The van der Waals surface area contributed by atoms with Crippen molar-refractivity contribution in [2.75, 3.05) is 23.7 Å². The number of hydrogen-bond acceptors (Lipinski definition) is 3. The third-order valence-corrected chi connectivity index (χ3v) is 3.22. The highest BCUT2D eigenvalue weighted by Crippen LogP contribution is 2.26. The van der Waals surface area contributed by atoms with Gasteiger partial charge in [0.2, 0.25) is 5.91 Å². The summed E-state index contributed by atoms with van der Waals surface area (Å²) in [6.07, 6.45) is 0.836. The molecule has 1 fully saturated rings. The molecule has 1 aliphatic heterocycles. The normalized spacial score (nSPS) is 20.1. The van der Waals surface area contributed by atoms with Crippen LogP contribution in [0.5, 0.6) is 0 Å². The minimum absolute atomic E-state index is 0.0254. The maximum Gasteiger partial charge on any atom is 0.222 e. The number of benzene rings is 1. The van der Waals surface area contributed by atoms with E-state index < -0.39 is 0 Å². The summed E-state index contributed by atoms with van der Waals surface area (Å²) in [5.74, 6) is -0.231. The smallest absolute Gasteiger partial charge is 0.222 e. The largest absolute Gasteiger partial charge is 0.398 e. The molecule has 0 bridgehead atoms. The van der Waals surface area contributed by atoms with Gasteiger partial charge >= 0.3 is 0 Å². The summed E-state index contributed by atoms with van der Waals surface area (Å²) < 4.78 is 0. The number of hydrogen-bond donors (Lipinski definition) is 2. The molecule has 4 heteroatoms. The van der Waals surface area contributed by atoms with Crippen LogP contribution in [0.1, 0.15) is 12.0 Å². The molecule has 4 nitrogen and oxygen atoms in total. The van der Waals surface area contributed by atoms with Crippen molar-refractivity contribution in [2.45, 2.75) is 13.3 Å². The van der Waals surface area contributed by atoms with Crippen LogP contribution in [0.3, 0.4) is 0 Å². The Kier molecular flexibility index (Phi) is 2.73. The predicted octanol–water partition coefficient (Wildman–Crippen LogP) is 0.889. The molecule has 1 unspecified atom stereocenters. The van der Waals surface area contributed by atoms with E-state index in [9.17, 15) is 4.79 Å². The van der Waals surface area contributed by atoms with Crippen LogP contribution < -0.4 is 16.4 Å². The molecule has 1 aliphatic rings. The van der Waals surface area contributed by atoms with Gasteiger partial charge in [-0.15, -0.1) is 0 Å².